The number of piperidine rings is 1. The van der Waals surface area contributed by atoms with Crippen LogP contribution in [0.25, 0.3) is 5.65 Å². The van der Waals surface area contributed by atoms with Crippen LogP contribution in [-0.4, -0.2) is 42.8 Å². The van der Waals surface area contributed by atoms with Gasteiger partial charge in [-0.25, -0.2) is 4.98 Å². The quantitative estimate of drug-likeness (QED) is 0.728. The SMILES string of the molecule is Cc1nc(CN2CCC(c3nnc4ccc(C5CC5)nn34)CC2)co1. The number of likely N-dealkylation sites (tertiary alicyclic amines) is 1. The minimum absolute atomic E-state index is 0.423. The predicted octanol–water partition coefficient (Wildman–Crippen LogP) is 2.68. The van der Waals surface area contributed by atoms with Crippen molar-refractivity contribution in [3.63, 3.8) is 0 Å². The van der Waals surface area contributed by atoms with Gasteiger partial charge in [-0.15, -0.1) is 10.2 Å². The lowest BCUT2D eigenvalue weighted by Crippen LogP contribution is -2.33. The fourth-order valence-corrected chi connectivity index (χ4v) is 3.73. The third kappa shape index (κ3) is 2.93. The van der Waals surface area contributed by atoms with Crippen molar-refractivity contribution in [3.05, 3.63) is 41.5 Å². The number of aryl methyl sites for hydroxylation is 1. The lowest BCUT2D eigenvalue weighted by Gasteiger charge is -2.30. The summed E-state index contributed by atoms with van der Waals surface area (Å²) < 4.78 is 7.28. The summed E-state index contributed by atoms with van der Waals surface area (Å²) in [5, 5.41) is 13.6. The van der Waals surface area contributed by atoms with Crippen LogP contribution < -0.4 is 0 Å². The number of hydrogen-bond acceptors (Lipinski definition) is 6. The van der Waals surface area contributed by atoms with Crippen molar-refractivity contribution in [3.8, 4) is 0 Å². The third-order valence-corrected chi connectivity index (χ3v) is 5.31. The second kappa shape index (κ2) is 5.91. The third-order valence-electron chi connectivity index (χ3n) is 5.31. The molecule has 1 aliphatic heterocycles. The summed E-state index contributed by atoms with van der Waals surface area (Å²) in [7, 11) is 0. The van der Waals surface area contributed by atoms with E-state index in [9.17, 15) is 0 Å². The average Bonchev–Trinajstić information content (AvgIpc) is 3.28. The molecule has 0 atom stereocenters. The highest BCUT2D eigenvalue weighted by Gasteiger charge is 2.28. The number of fused-ring (bicyclic) bond motifs is 1. The fourth-order valence-electron chi connectivity index (χ4n) is 3.73. The first-order chi connectivity index (χ1) is 12.3. The van der Waals surface area contributed by atoms with E-state index in [1.165, 1.54) is 18.5 Å². The maximum Gasteiger partial charge on any atom is 0.191 e. The first kappa shape index (κ1) is 15.0. The molecule has 0 unspecified atom stereocenters. The summed E-state index contributed by atoms with van der Waals surface area (Å²) in [5.74, 6) is 2.83. The van der Waals surface area contributed by atoms with E-state index < -0.39 is 0 Å². The normalized spacial score (nSPS) is 19.7. The van der Waals surface area contributed by atoms with Gasteiger partial charge in [-0.05, 0) is 50.9 Å². The van der Waals surface area contributed by atoms with Crippen LogP contribution in [0.15, 0.2) is 22.8 Å². The fraction of sp³-hybridized carbons (Fsp3) is 0.556. The zero-order chi connectivity index (χ0) is 16.8. The molecule has 25 heavy (non-hydrogen) atoms. The molecule has 2 fully saturated rings. The van der Waals surface area contributed by atoms with Crippen molar-refractivity contribution in [2.75, 3.05) is 13.1 Å². The maximum atomic E-state index is 5.30. The van der Waals surface area contributed by atoms with E-state index in [2.05, 4.69) is 32.2 Å². The van der Waals surface area contributed by atoms with Gasteiger partial charge in [-0.1, -0.05) is 0 Å². The summed E-state index contributed by atoms with van der Waals surface area (Å²) in [6, 6.07) is 4.16. The van der Waals surface area contributed by atoms with Gasteiger partial charge in [-0.2, -0.15) is 9.61 Å². The van der Waals surface area contributed by atoms with Crippen molar-refractivity contribution in [2.24, 2.45) is 0 Å². The number of nitrogens with zero attached hydrogens (tertiary/aromatic N) is 6. The van der Waals surface area contributed by atoms with E-state index >= 15 is 0 Å². The van der Waals surface area contributed by atoms with E-state index in [-0.39, 0.29) is 0 Å². The van der Waals surface area contributed by atoms with Crippen molar-refractivity contribution < 1.29 is 4.42 Å². The summed E-state index contributed by atoms with van der Waals surface area (Å²) in [4.78, 5) is 6.83. The molecule has 4 heterocycles. The van der Waals surface area contributed by atoms with Crippen LogP contribution in [0, 0.1) is 6.92 Å². The van der Waals surface area contributed by atoms with E-state index in [4.69, 9.17) is 9.52 Å². The maximum absolute atomic E-state index is 5.30. The Hall–Kier alpha value is -2.28. The van der Waals surface area contributed by atoms with Crippen molar-refractivity contribution >= 4 is 5.65 Å². The minimum Gasteiger partial charge on any atom is -0.449 e. The van der Waals surface area contributed by atoms with Crippen molar-refractivity contribution in [1.29, 1.82) is 0 Å². The van der Waals surface area contributed by atoms with Crippen molar-refractivity contribution in [2.45, 2.75) is 51.0 Å². The summed E-state index contributed by atoms with van der Waals surface area (Å²) in [5.41, 5.74) is 3.06. The van der Waals surface area contributed by atoms with Crippen LogP contribution in [0.5, 0.6) is 0 Å². The molecule has 1 saturated heterocycles. The molecule has 5 rings (SSSR count). The number of oxazole rings is 1. The summed E-state index contributed by atoms with van der Waals surface area (Å²) >= 11 is 0. The Balaban J connectivity index is 1.30. The molecular weight excluding hydrogens is 316 g/mol. The van der Waals surface area contributed by atoms with E-state index in [0.29, 0.717) is 11.8 Å². The van der Waals surface area contributed by atoms with Gasteiger partial charge >= 0.3 is 0 Å². The first-order valence-corrected chi connectivity index (χ1v) is 9.12. The van der Waals surface area contributed by atoms with Gasteiger partial charge in [0, 0.05) is 25.3 Å². The molecule has 3 aromatic heterocycles. The molecule has 7 heteroatoms. The Labute approximate surface area is 146 Å². The molecule has 0 aromatic carbocycles. The van der Waals surface area contributed by atoms with E-state index in [1.54, 1.807) is 6.26 Å². The molecule has 0 amide bonds. The zero-order valence-corrected chi connectivity index (χ0v) is 14.4. The van der Waals surface area contributed by atoms with Crippen LogP contribution in [0.4, 0.5) is 0 Å². The molecule has 3 aromatic rings. The highest BCUT2D eigenvalue weighted by molar-refractivity contribution is 5.38. The zero-order valence-electron chi connectivity index (χ0n) is 14.4. The van der Waals surface area contributed by atoms with Crippen LogP contribution in [-0.2, 0) is 6.54 Å². The van der Waals surface area contributed by atoms with Crippen LogP contribution in [0.3, 0.4) is 0 Å². The standard InChI is InChI=1S/C18H22N6O/c1-12-19-15(11-25-12)10-23-8-6-14(7-9-23)18-21-20-17-5-4-16(13-2-3-13)22-24(17)18/h4-5,11,13-14H,2-3,6-10H2,1H3. The van der Waals surface area contributed by atoms with Crippen LogP contribution in [0.1, 0.15) is 60.6 Å². The molecule has 2 aliphatic rings. The van der Waals surface area contributed by atoms with Gasteiger partial charge in [0.2, 0.25) is 0 Å². The Kier molecular flexibility index (Phi) is 3.55. The highest BCUT2D eigenvalue weighted by atomic mass is 16.3. The highest BCUT2D eigenvalue weighted by Crippen LogP contribution is 2.39. The molecular formula is C18H22N6O. The lowest BCUT2D eigenvalue weighted by molar-refractivity contribution is 0.198. The lowest BCUT2D eigenvalue weighted by atomic mass is 9.96. The van der Waals surface area contributed by atoms with Gasteiger partial charge in [0.1, 0.15) is 6.26 Å². The topological polar surface area (TPSA) is 72.4 Å². The average molecular weight is 338 g/mol. The monoisotopic (exact) mass is 338 g/mol. The number of hydrogen-bond donors (Lipinski definition) is 0. The second-order valence-corrected chi connectivity index (χ2v) is 7.27. The molecule has 1 saturated carbocycles. The summed E-state index contributed by atoms with van der Waals surface area (Å²) in [6.45, 7) is 4.81. The smallest absolute Gasteiger partial charge is 0.191 e. The van der Waals surface area contributed by atoms with Gasteiger partial charge in [-0.3, -0.25) is 4.90 Å². The Morgan fingerprint density at radius 2 is 1.92 bits per heavy atom. The number of rotatable bonds is 4. The van der Waals surface area contributed by atoms with E-state index in [1.807, 2.05) is 11.4 Å². The van der Waals surface area contributed by atoms with Gasteiger partial charge in [0.15, 0.2) is 17.4 Å². The molecule has 0 radical (unpaired) electrons. The minimum atomic E-state index is 0.423. The Bertz CT molecular complexity index is 888. The summed E-state index contributed by atoms with van der Waals surface area (Å²) in [6.07, 6.45) is 6.43. The van der Waals surface area contributed by atoms with Gasteiger partial charge in [0.05, 0.1) is 11.4 Å². The van der Waals surface area contributed by atoms with Crippen LogP contribution >= 0.6 is 0 Å². The molecule has 0 spiro atoms. The number of aromatic nitrogens is 5. The van der Waals surface area contributed by atoms with Crippen molar-refractivity contribution in [1.82, 2.24) is 29.7 Å². The first-order valence-electron chi connectivity index (χ1n) is 9.12. The Morgan fingerprint density at radius 1 is 1.08 bits per heavy atom. The van der Waals surface area contributed by atoms with Gasteiger partial charge < -0.3 is 4.42 Å². The Morgan fingerprint density at radius 3 is 2.64 bits per heavy atom. The molecule has 1 aliphatic carbocycles. The second-order valence-electron chi connectivity index (χ2n) is 7.27. The van der Waals surface area contributed by atoms with Crippen LogP contribution in [0.2, 0.25) is 0 Å². The van der Waals surface area contributed by atoms with Gasteiger partial charge in [0.25, 0.3) is 0 Å². The molecule has 0 bridgehead atoms. The predicted molar refractivity (Wildman–Crippen MR) is 91.2 cm³/mol. The molecule has 0 N–H and O–H groups in total. The molecule has 130 valence electrons. The molecule has 7 nitrogen and oxygen atoms in total. The largest absolute Gasteiger partial charge is 0.449 e. The van der Waals surface area contributed by atoms with E-state index in [0.717, 1.165) is 55.5 Å².